The lowest BCUT2D eigenvalue weighted by Gasteiger charge is -2.61. The topological polar surface area (TPSA) is 125 Å². The number of fused-ring (bicyclic) bond motifs is 5. The molecule has 1 heterocycles. The maximum Gasteiger partial charge on any atom is 0.328 e. The number of aliphatic hydroxyl groups is 1. The normalized spacial score (nSPS) is 39.5. The molecule has 2 amide bonds. The van der Waals surface area contributed by atoms with Crippen LogP contribution in [-0.4, -0.2) is 91.2 Å². The highest BCUT2D eigenvalue weighted by Crippen LogP contribution is 2.68. The van der Waals surface area contributed by atoms with Gasteiger partial charge in [-0.15, -0.1) is 0 Å². The van der Waals surface area contributed by atoms with E-state index in [9.17, 15) is 19.5 Å². The van der Waals surface area contributed by atoms with Crippen LogP contribution in [0.2, 0.25) is 0 Å². The number of aliphatic hydroxyl groups excluding tert-OH is 1. The molecule has 5 fully saturated rings. The zero-order valence-electron chi connectivity index (χ0n) is 30.3. The molecule has 5 unspecified atom stereocenters. The quantitative estimate of drug-likeness (QED) is 0.204. The highest BCUT2D eigenvalue weighted by Gasteiger charge is 2.60. The zero-order valence-corrected chi connectivity index (χ0v) is 30.3. The van der Waals surface area contributed by atoms with E-state index in [2.05, 4.69) is 31.0 Å². The smallest absolute Gasteiger partial charge is 0.328 e. The number of likely N-dealkylation sites (tertiary alicyclic amines) is 1. The Labute approximate surface area is 284 Å². The number of ether oxygens (including phenoxy) is 1. The molecule has 1 saturated heterocycles. The lowest BCUT2D eigenvalue weighted by atomic mass is 9.44. The number of nitrogens with two attached hydrogens (primary N) is 1. The lowest BCUT2D eigenvalue weighted by Crippen LogP contribution is -2.54. The second-order valence-electron chi connectivity index (χ2n) is 17.3. The first-order chi connectivity index (χ1) is 22.3. The van der Waals surface area contributed by atoms with Gasteiger partial charge in [-0.25, -0.2) is 4.79 Å². The SMILES string of the molecule is COC(=O)[C@@H]1C[C@H](NC(=O)CC[C@@H](C)[C@H]2CCC3C4CCC5C[C@H](O)CC[C@]5(C)C4CC[C@@]32C)CN1C(=O)C(N)CCCCN(C)C. The maximum atomic E-state index is 13.3. The molecule has 0 bridgehead atoms. The number of carbonyl (C=O) groups excluding carboxylic acids is 3. The van der Waals surface area contributed by atoms with Crippen LogP contribution in [-0.2, 0) is 19.1 Å². The number of hydrogen-bond acceptors (Lipinski definition) is 7. The summed E-state index contributed by atoms with van der Waals surface area (Å²) in [6.07, 6.45) is 14.9. The number of nitrogens with zero attached hydrogens (tertiary/aromatic N) is 2. The first kappa shape index (κ1) is 36.6. The third kappa shape index (κ3) is 7.57. The van der Waals surface area contributed by atoms with Crippen molar-refractivity contribution in [1.29, 1.82) is 0 Å². The summed E-state index contributed by atoms with van der Waals surface area (Å²) < 4.78 is 5.03. The van der Waals surface area contributed by atoms with Crippen LogP contribution in [0.15, 0.2) is 0 Å². The van der Waals surface area contributed by atoms with Crippen LogP contribution in [0.4, 0.5) is 0 Å². The molecule has 0 aromatic carbocycles. The predicted molar refractivity (Wildman–Crippen MR) is 184 cm³/mol. The van der Waals surface area contributed by atoms with Crippen LogP contribution in [0.3, 0.4) is 0 Å². The van der Waals surface area contributed by atoms with Gasteiger partial charge in [0.15, 0.2) is 0 Å². The zero-order chi connectivity index (χ0) is 34.1. The van der Waals surface area contributed by atoms with Gasteiger partial charge in [-0.2, -0.15) is 0 Å². The highest BCUT2D eigenvalue weighted by atomic mass is 16.5. The van der Waals surface area contributed by atoms with E-state index in [1.165, 1.54) is 57.0 Å². The van der Waals surface area contributed by atoms with E-state index in [0.29, 0.717) is 47.8 Å². The van der Waals surface area contributed by atoms with Crippen LogP contribution in [0.25, 0.3) is 0 Å². The number of amides is 2. The number of esters is 1. The first-order valence-electron chi connectivity index (χ1n) is 19.0. The Morgan fingerprint density at radius 3 is 2.43 bits per heavy atom. The van der Waals surface area contributed by atoms with Gasteiger partial charge in [0.25, 0.3) is 0 Å². The molecular formula is C38H66N4O5. The van der Waals surface area contributed by atoms with Gasteiger partial charge < -0.3 is 30.7 Å². The Hall–Kier alpha value is -1.71. The molecule has 5 rings (SSSR count). The minimum atomic E-state index is -0.717. The second kappa shape index (κ2) is 15.0. The molecular weight excluding hydrogens is 592 g/mol. The summed E-state index contributed by atoms with van der Waals surface area (Å²) in [5.74, 6) is 3.51. The van der Waals surface area contributed by atoms with Gasteiger partial charge in [0, 0.05) is 25.4 Å². The first-order valence-corrected chi connectivity index (χ1v) is 19.0. The standard InChI is InChI=1S/C38H66N4O5/c1-24(29-13-14-30-28-12-11-25-21-27(43)16-18-37(25,2)31(28)17-19-38(29,30)3)10-15-34(44)40-26-22-33(36(46)47-6)42(23-26)35(45)32(39)9-7-8-20-41(4)5/h24-33,43H,7-23,39H2,1-6H3,(H,40,44)/t24-,25?,26+,27-,28?,29-,30?,31?,32?,33+,37+,38-/m1/s1. The Kier molecular flexibility index (Phi) is 11.7. The summed E-state index contributed by atoms with van der Waals surface area (Å²) in [7, 11) is 5.39. The van der Waals surface area contributed by atoms with Crippen molar-refractivity contribution in [1.82, 2.24) is 15.1 Å². The van der Waals surface area contributed by atoms with Crippen molar-refractivity contribution < 1.29 is 24.2 Å². The molecule has 4 N–H and O–H groups in total. The number of methoxy groups -OCH3 is 1. The number of nitrogens with one attached hydrogen (secondary N) is 1. The summed E-state index contributed by atoms with van der Waals surface area (Å²) in [5.41, 5.74) is 7.03. The molecule has 5 aliphatic rings. The Bertz CT molecular complexity index is 1120. The van der Waals surface area contributed by atoms with E-state index in [0.717, 1.165) is 56.4 Å². The minimum absolute atomic E-state index is 0.00175. The van der Waals surface area contributed by atoms with Gasteiger partial charge >= 0.3 is 5.97 Å². The van der Waals surface area contributed by atoms with E-state index < -0.39 is 18.1 Å². The molecule has 0 radical (unpaired) electrons. The average Bonchev–Trinajstić information content (AvgIpc) is 3.62. The Morgan fingerprint density at radius 1 is 0.979 bits per heavy atom. The Balaban J connectivity index is 1.12. The van der Waals surface area contributed by atoms with Gasteiger partial charge in [-0.1, -0.05) is 27.2 Å². The number of hydrogen-bond donors (Lipinski definition) is 3. The number of carbonyl (C=O) groups is 3. The van der Waals surface area contributed by atoms with Gasteiger partial charge in [-0.05, 0) is 144 Å². The molecule has 12 atom stereocenters. The van der Waals surface area contributed by atoms with Crippen molar-refractivity contribution in [3.63, 3.8) is 0 Å². The van der Waals surface area contributed by atoms with Gasteiger partial charge in [0.05, 0.1) is 19.3 Å². The third-order valence-corrected chi connectivity index (χ3v) is 14.3. The highest BCUT2D eigenvalue weighted by molar-refractivity contribution is 5.88. The van der Waals surface area contributed by atoms with E-state index in [1.807, 2.05) is 14.1 Å². The average molecular weight is 659 g/mol. The molecule has 0 aromatic rings. The fourth-order valence-corrected chi connectivity index (χ4v) is 11.7. The van der Waals surface area contributed by atoms with Gasteiger partial charge in [0.2, 0.25) is 11.8 Å². The molecule has 0 aromatic heterocycles. The summed E-state index contributed by atoms with van der Waals surface area (Å²) in [5, 5.41) is 13.5. The van der Waals surface area contributed by atoms with E-state index in [1.54, 1.807) is 0 Å². The summed E-state index contributed by atoms with van der Waals surface area (Å²) in [6, 6.07) is -1.67. The summed E-state index contributed by atoms with van der Waals surface area (Å²) in [6.45, 7) is 8.73. The van der Waals surface area contributed by atoms with Crippen molar-refractivity contribution in [2.24, 2.45) is 52.1 Å². The summed E-state index contributed by atoms with van der Waals surface area (Å²) >= 11 is 0. The molecule has 0 spiro atoms. The van der Waals surface area contributed by atoms with Crippen LogP contribution in [0.1, 0.15) is 117 Å². The third-order valence-electron chi connectivity index (χ3n) is 14.3. The molecule has 4 saturated carbocycles. The number of rotatable bonds is 12. The van der Waals surface area contributed by atoms with Crippen molar-refractivity contribution in [2.75, 3.05) is 34.3 Å². The number of unbranched alkanes of at least 4 members (excludes halogenated alkanes) is 1. The second-order valence-corrected chi connectivity index (χ2v) is 17.3. The van der Waals surface area contributed by atoms with E-state index in [-0.39, 0.29) is 30.5 Å². The fraction of sp³-hybridized carbons (Fsp3) is 0.921. The molecule has 9 nitrogen and oxygen atoms in total. The van der Waals surface area contributed by atoms with Crippen LogP contribution in [0.5, 0.6) is 0 Å². The van der Waals surface area contributed by atoms with Crippen LogP contribution < -0.4 is 11.1 Å². The van der Waals surface area contributed by atoms with Crippen molar-refractivity contribution in [3.05, 3.63) is 0 Å². The minimum Gasteiger partial charge on any atom is -0.467 e. The molecule has 9 heteroatoms. The van der Waals surface area contributed by atoms with Gasteiger partial charge in [0.1, 0.15) is 6.04 Å². The molecule has 4 aliphatic carbocycles. The predicted octanol–water partition coefficient (Wildman–Crippen LogP) is 4.74. The molecule has 268 valence electrons. The fourth-order valence-electron chi connectivity index (χ4n) is 11.7. The molecule has 47 heavy (non-hydrogen) atoms. The molecule has 1 aliphatic heterocycles. The Morgan fingerprint density at radius 2 is 1.70 bits per heavy atom. The maximum absolute atomic E-state index is 13.3. The van der Waals surface area contributed by atoms with E-state index >= 15 is 0 Å². The van der Waals surface area contributed by atoms with Crippen molar-refractivity contribution >= 4 is 17.8 Å². The largest absolute Gasteiger partial charge is 0.467 e. The van der Waals surface area contributed by atoms with Crippen LogP contribution >= 0.6 is 0 Å². The monoisotopic (exact) mass is 659 g/mol. The van der Waals surface area contributed by atoms with Crippen LogP contribution in [0, 0.1) is 46.3 Å². The van der Waals surface area contributed by atoms with Gasteiger partial charge in [-0.3, -0.25) is 9.59 Å². The lowest BCUT2D eigenvalue weighted by molar-refractivity contribution is -0.151. The van der Waals surface area contributed by atoms with Crippen molar-refractivity contribution in [2.45, 2.75) is 141 Å². The van der Waals surface area contributed by atoms with Crippen molar-refractivity contribution in [3.8, 4) is 0 Å². The van der Waals surface area contributed by atoms with E-state index in [4.69, 9.17) is 10.5 Å². The summed E-state index contributed by atoms with van der Waals surface area (Å²) in [4.78, 5) is 42.8.